The van der Waals surface area contributed by atoms with Gasteiger partial charge < -0.3 is 19.2 Å². The van der Waals surface area contributed by atoms with Gasteiger partial charge in [-0.05, 0) is 24.8 Å². The van der Waals surface area contributed by atoms with Crippen molar-refractivity contribution in [3.63, 3.8) is 0 Å². The van der Waals surface area contributed by atoms with Crippen LogP contribution in [0.15, 0.2) is 16.5 Å². The molecule has 0 spiro atoms. The average Bonchev–Trinajstić information content (AvgIpc) is 3.07. The van der Waals surface area contributed by atoms with Crippen molar-refractivity contribution in [3.05, 3.63) is 17.9 Å². The van der Waals surface area contributed by atoms with Gasteiger partial charge in [0.1, 0.15) is 0 Å². The fourth-order valence-electron chi connectivity index (χ4n) is 2.98. The maximum atomic E-state index is 12.3. The van der Waals surface area contributed by atoms with Crippen LogP contribution in [-0.2, 0) is 0 Å². The molecule has 1 aliphatic heterocycles. The third-order valence-electron chi connectivity index (χ3n) is 4.36. The minimum absolute atomic E-state index is 0.112. The zero-order valence-electron chi connectivity index (χ0n) is 11.3. The Morgan fingerprint density at radius 2 is 2.26 bits per heavy atom. The van der Waals surface area contributed by atoms with Crippen molar-refractivity contribution < 1.29 is 19.1 Å². The van der Waals surface area contributed by atoms with E-state index >= 15 is 0 Å². The SMILES string of the molecule is COc1ccc(C(=O)N2CC(C)C(O)(C3CC3)C2)o1. The second kappa shape index (κ2) is 4.27. The molecule has 1 amide bonds. The van der Waals surface area contributed by atoms with Gasteiger partial charge in [0.2, 0.25) is 0 Å². The molecule has 104 valence electrons. The zero-order valence-corrected chi connectivity index (χ0v) is 11.3. The number of nitrogens with zero attached hydrogens (tertiary/aromatic N) is 1. The van der Waals surface area contributed by atoms with Crippen molar-refractivity contribution in [2.75, 3.05) is 20.2 Å². The summed E-state index contributed by atoms with van der Waals surface area (Å²) >= 11 is 0. The van der Waals surface area contributed by atoms with E-state index in [1.165, 1.54) is 7.11 Å². The van der Waals surface area contributed by atoms with Gasteiger partial charge in [-0.25, -0.2) is 0 Å². The molecule has 2 unspecified atom stereocenters. The van der Waals surface area contributed by atoms with E-state index in [2.05, 4.69) is 0 Å². The first-order valence-electron chi connectivity index (χ1n) is 6.70. The second-order valence-corrected chi connectivity index (χ2v) is 5.68. The number of rotatable bonds is 3. The number of carbonyl (C=O) groups is 1. The lowest BCUT2D eigenvalue weighted by Gasteiger charge is -2.26. The van der Waals surface area contributed by atoms with Gasteiger partial charge in [-0.15, -0.1) is 0 Å². The van der Waals surface area contributed by atoms with Crippen LogP contribution < -0.4 is 4.74 Å². The normalized spacial score (nSPS) is 30.7. The van der Waals surface area contributed by atoms with Crippen molar-refractivity contribution in [1.82, 2.24) is 4.90 Å². The van der Waals surface area contributed by atoms with E-state index in [1.807, 2.05) is 6.92 Å². The number of amides is 1. The molecule has 2 fully saturated rings. The van der Waals surface area contributed by atoms with Crippen molar-refractivity contribution in [2.45, 2.75) is 25.4 Å². The topological polar surface area (TPSA) is 62.9 Å². The first-order chi connectivity index (χ1) is 9.04. The molecule has 0 aromatic carbocycles. The van der Waals surface area contributed by atoms with Gasteiger partial charge in [0.15, 0.2) is 5.76 Å². The van der Waals surface area contributed by atoms with Gasteiger partial charge in [0.25, 0.3) is 11.9 Å². The smallest absolute Gasteiger partial charge is 0.289 e. The van der Waals surface area contributed by atoms with Crippen molar-refractivity contribution in [3.8, 4) is 5.95 Å². The Labute approximate surface area is 112 Å². The molecule has 5 nitrogen and oxygen atoms in total. The molecule has 2 aliphatic rings. The molecule has 19 heavy (non-hydrogen) atoms. The van der Waals surface area contributed by atoms with Crippen molar-refractivity contribution in [2.24, 2.45) is 11.8 Å². The number of carbonyl (C=O) groups excluding carboxylic acids is 1. The molecule has 1 N–H and O–H groups in total. The predicted molar refractivity (Wildman–Crippen MR) is 68.0 cm³/mol. The van der Waals surface area contributed by atoms with Crippen molar-refractivity contribution >= 4 is 5.91 Å². The van der Waals surface area contributed by atoms with E-state index in [0.717, 1.165) is 12.8 Å². The van der Waals surface area contributed by atoms with Crippen LogP contribution in [0.1, 0.15) is 30.3 Å². The molecule has 1 aromatic rings. The first-order valence-corrected chi connectivity index (χ1v) is 6.70. The molecule has 5 heteroatoms. The second-order valence-electron chi connectivity index (χ2n) is 5.68. The van der Waals surface area contributed by atoms with Gasteiger partial charge >= 0.3 is 0 Å². The van der Waals surface area contributed by atoms with E-state index in [0.29, 0.717) is 25.0 Å². The Bertz CT molecular complexity index is 493. The summed E-state index contributed by atoms with van der Waals surface area (Å²) in [5.74, 6) is 0.885. The highest BCUT2D eigenvalue weighted by Gasteiger charge is 2.53. The van der Waals surface area contributed by atoms with Crippen LogP contribution in [0.3, 0.4) is 0 Å². The molecule has 2 heterocycles. The summed E-state index contributed by atoms with van der Waals surface area (Å²) in [4.78, 5) is 14.0. The Hall–Kier alpha value is -1.49. The third kappa shape index (κ3) is 2.02. The molecule has 3 rings (SSSR count). The van der Waals surface area contributed by atoms with Crippen LogP contribution in [0, 0.1) is 11.8 Å². The standard InChI is InChI=1S/C14H19NO4/c1-9-7-15(8-14(9,17)10-3-4-10)13(16)11-5-6-12(18-2)19-11/h5-6,9-10,17H,3-4,7-8H2,1-2H3. The minimum Gasteiger partial charge on any atom is -0.468 e. The maximum absolute atomic E-state index is 12.3. The summed E-state index contributed by atoms with van der Waals surface area (Å²) in [5, 5.41) is 10.7. The van der Waals surface area contributed by atoms with E-state index in [-0.39, 0.29) is 17.6 Å². The summed E-state index contributed by atoms with van der Waals surface area (Å²) in [7, 11) is 1.50. The van der Waals surface area contributed by atoms with Gasteiger partial charge in [-0.3, -0.25) is 4.79 Å². The Morgan fingerprint density at radius 1 is 1.53 bits per heavy atom. The number of likely N-dealkylation sites (tertiary alicyclic amines) is 1. The lowest BCUT2D eigenvalue weighted by atomic mass is 9.88. The summed E-state index contributed by atoms with van der Waals surface area (Å²) in [6.45, 7) is 2.99. The Kier molecular flexibility index (Phi) is 2.82. The molecule has 0 bridgehead atoms. The highest BCUT2D eigenvalue weighted by Crippen LogP contribution is 2.47. The fraction of sp³-hybridized carbons (Fsp3) is 0.643. The highest BCUT2D eigenvalue weighted by molar-refractivity contribution is 5.92. The molecular weight excluding hydrogens is 246 g/mol. The lowest BCUT2D eigenvalue weighted by Crippen LogP contribution is -2.40. The van der Waals surface area contributed by atoms with E-state index in [4.69, 9.17) is 9.15 Å². The summed E-state index contributed by atoms with van der Waals surface area (Å²) < 4.78 is 10.2. The molecule has 1 aliphatic carbocycles. The van der Waals surface area contributed by atoms with Crippen LogP contribution >= 0.6 is 0 Å². The Morgan fingerprint density at radius 3 is 2.84 bits per heavy atom. The van der Waals surface area contributed by atoms with Crippen LogP contribution in [0.2, 0.25) is 0 Å². The van der Waals surface area contributed by atoms with Gasteiger partial charge in [0.05, 0.1) is 19.3 Å². The van der Waals surface area contributed by atoms with Gasteiger partial charge in [-0.2, -0.15) is 0 Å². The summed E-state index contributed by atoms with van der Waals surface area (Å²) in [5.41, 5.74) is -0.716. The summed E-state index contributed by atoms with van der Waals surface area (Å²) in [6, 6.07) is 3.24. The third-order valence-corrected chi connectivity index (χ3v) is 4.36. The number of aliphatic hydroxyl groups is 1. The number of furan rings is 1. The number of hydrogen-bond donors (Lipinski definition) is 1. The Balaban J connectivity index is 1.75. The average molecular weight is 265 g/mol. The number of methoxy groups -OCH3 is 1. The molecule has 1 aromatic heterocycles. The van der Waals surface area contributed by atoms with Gasteiger partial charge in [-0.1, -0.05) is 6.92 Å². The van der Waals surface area contributed by atoms with Crippen LogP contribution in [0.5, 0.6) is 5.95 Å². The number of β-amino-alcohol motifs (C(OH)–C–C–N with tert-alkyl or cyclic N) is 1. The molecule has 0 radical (unpaired) electrons. The first kappa shape index (κ1) is 12.5. The lowest BCUT2D eigenvalue weighted by molar-refractivity contribution is -0.00383. The van der Waals surface area contributed by atoms with Crippen LogP contribution in [-0.4, -0.2) is 41.7 Å². The maximum Gasteiger partial charge on any atom is 0.289 e. The number of hydrogen-bond acceptors (Lipinski definition) is 4. The quantitative estimate of drug-likeness (QED) is 0.900. The minimum atomic E-state index is -0.716. The largest absolute Gasteiger partial charge is 0.468 e. The summed E-state index contributed by atoms with van der Waals surface area (Å²) in [6.07, 6.45) is 2.13. The molecule has 1 saturated heterocycles. The highest BCUT2D eigenvalue weighted by atomic mass is 16.6. The van der Waals surface area contributed by atoms with E-state index in [1.54, 1.807) is 17.0 Å². The predicted octanol–water partition coefficient (Wildman–Crippen LogP) is 1.52. The van der Waals surface area contributed by atoms with E-state index < -0.39 is 5.60 Å². The van der Waals surface area contributed by atoms with Gasteiger partial charge in [0, 0.05) is 18.5 Å². The number of ether oxygens (including phenoxy) is 1. The molecular formula is C14H19NO4. The van der Waals surface area contributed by atoms with Crippen LogP contribution in [0.25, 0.3) is 0 Å². The van der Waals surface area contributed by atoms with E-state index in [9.17, 15) is 9.90 Å². The van der Waals surface area contributed by atoms with Crippen LogP contribution in [0.4, 0.5) is 0 Å². The fourth-order valence-corrected chi connectivity index (χ4v) is 2.98. The monoisotopic (exact) mass is 265 g/mol. The zero-order chi connectivity index (χ0) is 13.6. The van der Waals surface area contributed by atoms with Crippen molar-refractivity contribution in [1.29, 1.82) is 0 Å². The molecule has 1 saturated carbocycles. The molecule has 2 atom stereocenters.